The monoisotopic (exact) mass is 268 g/mol. The maximum atomic E-state index is 12.6. The van der Waals surface area contributed by atoms with Gasteiger partial charge in [-0.15, -0.1) is 0 Å². The molecule has 0 bridgehead atoms. The van der Waals surface area contributed by atoms with Crippen LogP contribution >= 0.6 is 0 Å². The highest BCUT2D eigenvalue weighted by Gasteiger charge is 2.28. The SMILES string of the molecule is CCCn1ccnc1CC(=O)C1CCc2ccccc21. The third kappa shape index (κ3) is 2.40. The van der Waals surface area contributed by atoms with Gasteiger partial charge in [0.15, 0.2) is 0 Å². The minimum atomic E-state index is 0.0676. The summed E-state index contributed by atoms with van der Waals surface area (Å²) in [5.74, 6) is 1.28. The average molecular weight is 268 g/mol. The van der Waals surface area contributed by atoms with E-state index >= 15 is 0 Å². The van der Waals surface area contributed by atoms with E-state index in [1.54, 1.807) is 6.20 Å². The lowest BCUT2D eigenvalue weighted by atomic mass is 9.95. The molecule has 1 heterocycles. The molecule has 3 heteroatoms. The third-order valence-electron chi connectivity index (χ3n) is 4.12. The highest BCUT2D eigenvalue weighted by Crippen LogP contribution is 2.34. The molecule has 1 aliphatic rings. The molecule has 3 rings (SSSR count). The number of ketones is 1. The van der Waals surface area contributed by atoms with Crippen molar-refractivity contribution in [2.45, 2.75) is 45.1 Å². The molecule has 20 heavy (non-hydrogen) atoms. The van der Waals surface area contributed by atoms with E-state index < -0.39 is 0 Å². The molecule has 3 nitrogen and oxygen atoms in total. The topological polar surface area (TPSA) is 34.9 Å². The molecule has 2 aromatic rings. The zero-order chi connectivity index (χ0) is 13.9. The summed E-state index contributed by atoms with van der Waals surface area (Å²) in [6.45, 7) is 3.07. The van der Waals surface area contributed by atoms with Gasteiger partial charge in [0.2, 0.25) is 0 Å². The second kappa shape index (κ2) is 5.61. The predicted molar refractivity (Wildman–Crippen MR) is 78.7 cm³/mol. The standard InChI is InChI=1S/C17H20N2O/c1-2-10-19-11-9-18-17(19)12-16(20)15-8-7-13-5-3-4-6-14(13)15/h3-6,9,11,15H,2,7-8,10,12H2,1H3. The number of fused-ring (bicyclic) bond motifs is 1. The first-order chi connectivity index (χ1) is 9.79. The number of carbonyl (C=O) groups excluding carboxylic acids is 1. The first-order valence-corrected chi connectivity index (χ1v) is 7.40. The number of nitrogens with zero attached hydrogens (tertiary/aromatic N) is 2. The van der Waals surface area contributed by atoms with Gasteiger partial charge in [0.1, 0.15) is 11.6 Å². The van der Waals surface area contributed by atoms with Crippen LogP contribution in [0.1, 0.15) is 42.6 Å². The molecule has 1 atom stereocenters. The molecule has 0 amide bonds. The highest BCUT2D eigenvalue weighted by molar-refractivity contribution is 5.88. The zero-order valence-corrected chi connectivity index (χ0v) is 11.9. The molecular formula is C17H20N2O. The summed E-state index contributed by atoms with van der Waals surface area (Å²) in [7, 11) is 0. The number of carbonyl (C=O) groups is 1. The first-order valence-electron chi connectivity index (χ1n) is 7.40. The number of hydrogen-bond acceptors (Lipinski definition) is 2. The summed E-state index contributed by atoms with van der Waals surface area (Å²) in [6.07, 6.45) is 7.24. The Labute approximate surface area is 119 Å². The highest BCUT2D eigenvalue weighted by atomic mass is 16.1. The number of Topliss-reactive ketones (excluding diaryl/α,β-unsaturated/α-hetero) is 1. The van der Waals surface area contributed by atoms with Crippen LogP contribution in [0.3, 0.4) is 0 Å². The van der Waals surface area contributed by atoms with E-state index in [-0.39, 0.29) is 5.92 Å². The Kier molecular flexibility index (Phi) is 3.68. The number of benzene rings is 1. The molecule has 0 spiro atoms. The van der Waals surface area contributed by atoms with Gasteiger partial charge in [0, 0.05) is 24.9 Å². The third-order valence-corrected chi connectivity index (χ3v) is 4.12. The molecule has 1 aromatic carbocycles. The van der Waals surface area contributed by atoms with E-state index in [1.165, 1.54) is 11.1 Å². The lowest BCUT2D eigenvalue weighted by molar-refractivity contribution is -0.120. The van der Waals surface area contributed by atoms with E-state index in [1.807, 2.05) is 12.3 Å². The normalized spacial score (nSPS) is 17.1. The van der Waals surface area contributed by atoms with Crippen LogP contribution in [0.4, 0.5) is 0 Å². The molecule has 0 N–H and O–H groups in total. The lowest BCUT2D eigenvalue weighted by Crippen LogP contribution is -2.16. The molecule has 0 saturated carbocycles. The average Bonchev–Trinajstić information content (AvgIpc) is 3.06. The second-order valence-electron chi connectivity index (χ2n) is 5.47. The predicted octanol–water partition coefficient (Wildman–Crippen LogP) is 3.13. The van der Waals surface area contributed by atoms with Gasteiger partial charge in [0.25, 0.3) is 0 Å². The fourth-order valence-corrected chi connectivity index (χ4v) is 3.12. The van der Waals surface area contributed by atoms with E-state index in [2.05, 4.69) is 34.7 Å². The van der Waals surface area contributed by atoms with Crippen LogP contribution in [-0.4, -0.2) is 15.3 Å². The molecule has 1 unspecified atom stereocenters. The summed E-state index contributed by atoms with van der Waals surface area (Å²) in [5.41, 5.74) is 2.56. The summed E-state index contributed by atoms with van der Waals surface area (Å²) >= 11 is 0. The number of aryl methyl sites for hydroxylation is 2. The lowest BCUT2D eigenvalue weighted by Gasteiger charge is -2.11. The molecule has 0 aliphatic heterocycles. The molecule has 0 radical (unpaired) electrons. The van der Waals surface area contributed by atoms with Crippen molar-refractivity contribution in [3.05, 3.63) is 53.6 Å². The number of hydrogen-bond donors (Lipinski definition) is 0. The van der Waals surface area contributed by atoms with Gasteiger partial charge in [-0.05, 0) is 30.4 Å². The summed E-state index contributed by atoms with van der Waals surface area (Å²) in [4.78, 5) is 16.9. The van der Waals surface area contributed by atoms with Crippen LogP contribution in [0.5, 0.6) is 0 Å². The Morgan fingerprint density at radius 2 is 2.25 bits per heavy atom. The van der Waals surface area contributed by atoms with E-state index in [4.69, 9.17) is 0 Å². The Bertz CT molecular complexity index is 615. The van der Waals surface area contributed by atoms with Gasteiger partial charge in [-0.3, -0.25) is 4.79 Å². The summed E-state index contributed by atoms with van der Waals surface area (Å²) < 4.78 is 2.10. The Balaban J connectivity index is 1.76. The Hall–Kier alpha value is -1.90. The van der Waals surface area contributed by atoms with Crippen LogP contribution in [0.15, 0.2) is 36.7 Å². The smallest absolute Gasteiger partial charge is 0.147 e. The molecule has 104 valence electrons. The fraction of sp³-hybridized carbons (Fsp3) is 0.412. The number of rotatable bonds is 5. The molecular weight excluding hydrogens is 248 g/mol. The summed E-state index contributed by atoms with van der Waals surface area (Å²) in [6, 6.07) is 8.33. The van der Waals surface area contributed by atoms with Gasteiger partial charge in [-0.1, -0.05) is 31.2 Å². The maximum absolute atomic E-state index is 12.6. The quantitative estimate of drug-likeness (QED) is 0.835. The first kappa shape index (κ1) is 13.1. The minimum absolute atomic E-state index is 0.0676. The van der Waals surface area contributed by atoms with E-state index in [0.717, 1.165) is 31.6 Å². The second-order valence-corrected chi connectivity index (χ2v) is 5.47. The molecule has 1 aromatic heterocycles. The van der Waals surface area contributed by atoms with Crippen molar-refractivity contribution in [3.63, 3.8) is 0 Å². The Morgan fingerprint density at radius 3 is 3.10 bits per heavy atom. The minimum Gasteiger partial charge on any atom is -0.335 e. The van der Waals surface area contributed by atoms with E-state index in [9.17, 15) is 4.79 Å². The molecule has 0 saturated heterocycles. The number of imidazole rings is 1. The van der Waals surface area contributed by atoms with Gasteiger partial charge in [-0.25, -0.2) is 4.98 Å². The van der Waals surface area contributed by atoms with Crippen molar-refractivity contribution >= 4 is 5.78 Å². The number of aromatic nitrogens is 2. The van der Waals surface area contributed by atoms with Crippen molar-refractivity contribution < 1.29 is 4.79 Å². The van der Waals surface area contributed by atoms with Crippen LogP contribution in [0, 0.1) is 0 Å². The molecule has 1 aliphatic carbocycles. The van der Waals surface area contributed by atoms with Crippen molar-refractivity contribution in [2.75, 3.05) is 0 Å². The maximum Gasteiger partial charge on any atom is 0.147 e. The summed E-state index contributed by atoms with van der Waals surface area (Å²) in [5, 5.41) is 0. The fourth-order valence-electron chi connectivity index (χ4n) is 3.12. The van der Waals surface area contributed by atoms with Gasteiger partial charge in [0.05, 0.1) is 6.42 Å². The van der Waals surface area contributed by atoms with Crippen molar-refractivity contribution in [3.8, 4) is 0 Å². The van der Waals surface area contributed by atoms with Crippen molar-refractivity contribution in [1.82, 2.24) is 9.55 Å². The van der Waals surface area contributed by atoms with Crippen LogP contribution in [-0.2, 0) is 24.2 Å². The van der Waals surface area contributed by atoms with Crippen LogP contribution in [0.2, 0.25) is 0 Å². The van der Waals surface area contributed by atoms with Gasteiger partial charge in [-0.2, -0.15) is 0 Å². The molecule has 0 fully saturated rings. The van der Waals surface area contributed by atoms with Gasteiger partial charge < -0.3 is 4.57 Å². The van der Waals surface area contributed by atoms with Crippen molar-refractivity contribution in [2.24, 2.45) is 0 Å². The van der Waals surface area contributed by atoms with E-state index in [0.29, 0.717) is 12.2 Å². The Morgan fingerprint density at radius 1 is 1.40 bits per heavy atom. The van der Waals surface area contributed by atoms with Crippen LogP contribution < -0.4 is 0 Å². The zero-order valence-electron chi connectivity index (χ0n) is 11.9. The largest absolute Gasteiger partial charge is 0.335 e. The van der Waals surface area contributed by atoms with Crippen molar-refractivity contribution in [1.29, 1.82) is 0 Å². The van der Waals surface area contributed by atoms with Crippen LogP contribution in [0.25, 0.3) is 0 Å². The van der Waals surface area contributed by atoms with Gasteiger partial charge >= 0.3 is 0 Å².